The highest BCUT2D eigenvalue weighted by molar-refractivity contribution is 6.31. The van der Waals surface area contributed by atoms with E-state index in [-0.39, 0.29) is 11.5 Å². The van der Waals surface area contributed by atoms with Crippen LogP contribution in [-0.2, 0) is 6.54 Å². The quantitative estimate of drug-likeness (QED) is 0.766. The SMILES string of the molecule is CCCNC(c1c(Cl)cnn1CCC)C(C)(C)CC. The minimum atomic E-state index is 0.157. The molecule has 4 heteroatoms. The Balaban J connectivity index is 3.12. The van der Waals surface area contributed by atoms with Crippen molar-refractivity contribution < 1.29 is 0 Å². The second-order valence-corrected chi connectivity index (χ2v) is 6.24. The molecule has 0 aromatic carbocycles. The topological polar surface area (TPSA) is 29.9 Å². The maximum absolute atomic E-state index is 6.39. The highest BCUT2D eigenvalue weighted by atomic mass is 35.5. The van der Waals surface area contributed by atoms with Gasteiger partial charge in [0.15, 0.2) is 0 Å². The van der Waals surface area contributed by atoms with E-state index in [1.165, 1.54) is 0 Å². The van der Waals surface area contributed by atoms with Gasteiger partial charge in [-0.05, 0) is 31.2 Å². The molecule has 0 saturated heterocycles. The van der Waals surface area contributed by atoms with Gasteiger partial charge >= 0.3 is 0 Å². The smallest absolute Gasteiger partial charge is 0.0834 e. The molecule has 110 valence electrons. The Morgan fingerprint density at radius 3 is 2.53 bits per heavy atom. The maximum atomic E-state index is 6.39. The van der Waals surface area contributed by atoms with Crippen LogP contribution < -0.4 is 5.32 Å². The van der Waals surface area contributed by atoms with Gasteiger partial charge < -0.3 is 5.32 Å². The summed E-state index contributed by atoms with van der Waals surface area (Å²) >= 11 is 6.39. The van der Waals surface area contributed by atoms with Crippen molar-refractivity contribution in [3.05, 3.63) is 16.9 Å². The minimum Gasteiger partial charge on any atom is -0.308 e. The molecule has 19 heavy (non-hydrogen) atoms. The third-order valence-electron chi connectivity index (χ3n) is 3.83. The molecule has 1 unspecified atom stereocenters. The van der Waals surface area contributed by atoms with Crippen LogP contribution in [0.4, 0.5) is 0 Å². The number of rotatable bonds is 8. The Hall–Kier alpha value is -0.540. The summed E-state index contributed by atoms with van der Waals surface area (Å²) in [5.74, 6) is 0. The Morgan fingerprint density at radius 2 is 2.00 bits per heavy atom. The minimum absolute atomic E-state index is 0.157. The molecule has 1 N–H and O–H groups in total. The lowest BCUT2D eigenvalue weighted by Crippen LogP contribution is -2.36. The summed E-state index contributed by atoms with van der Waals surface area (Å²) in [6, 6.07) is 0.249. The van der Waals surface area contributed by atoms with Gasteiger partial charge in [-0.15, -0.1) is 0 Å². The number of aromatic nitrogens is 2. The van der Waals surface area contributed by atoms with E-state index in [9.17, 15) is 0 Å². The molecule has 3 nitrogen and oxygen atoms in total. The lowest BCUT2D eigenvalue weighted by molar-refractivity contribution is 0.223. The molecule has 0 aliphatic carbocycles. The van der Waals surface area contributed by atoms with Gasteiger partial charge in [0.2, 0.25) is 0 Å². The van der Waals surface area contributed by atoms with Crippen molar-refractivity contribution in [3.8, 4) is 0 Å². The van der Waals surface area contributed by atoms with Crippen LogP contribution in [0.15, 0.2) is 6.20 Å². The highest BCUT2D eigenvalue weighted by Crippen LogP contribution is 2.39. The van der Waals surface area contributed by atoms with Crippen LogP contribution in [0.2, 0.25) is 5.02 Å². The van der Waals surface area contributed by atoms with Crippen LogP contribution in [0, 0.1) is 5.41 Å². The zero-order valence-electron chi connectivity index (χ0n) is 13.0. The summed E-state index contributed by atoms with van der Waals surface area (Å²) in [4.78, 5) is 0. The summed E-state index contributed by atoms with van der Waals surface area (Å²) in [7, 11) is 0. The van der Waals surface area contributed by atoms with Crippen LogP contribution in [0.25, 0.3) is 0 Å². The first-order valence-corrected chi connectivity index (χ1v) is 7.80. The normalized spacial score (nSPS) is 13.8. The fourth-order valence-corrected chi connectivity index (χ4v) is 2.54. The average molecular weight is 286 g/mol. The molecule has 0 fully saturated rings. The van der Waals surface area contributed by atoms with E-state index in [4.69, 9.17) is 11.6 Å². The van der Waals surface area contributed by atoms with Gasteiger partial charge in [0.1, 0.15) is 0 Å². The van der Waals surface area contributed by atoms with E-state index < -0.39 is 0 Å². The Labute approximate surface area is 122 Å². The zero-order chi connectivity index (χ0) is 14.5. The molecule has 0 spiro atoms. The predicted molar refractivity (Wildman–Crippen MR) is 82.6 cm³/mol. The standard InChI is InChI=1S/C15H28ClN3/c1-6-9-17-14(15(4,5)8-3)13-12(16)11-18-19(13)10-7-2/h11,14,17H,6-10H2,1-5H3. The van der Waals surface area contributed by atoms with E-state index in [1.807, 2.05) is 0 Å². The molecule has 0 aliphatic rings. The molecule has 1 aromatic heterocycles. The number of hydrogen-bond acceptors (Lipinski definition) is 2. The van der Waals surface area contributed by atoms with Gasteiger partial charge in [0, 0.05) is 6.54 Å². The van der Waals surface area contributed by atoms with Crippen LogP contribution >= 0.6 is 11.6 Å². The average Bonchev–Trinajstić information content (AvgIpc) is 2.72. The first kappa shape index (κ1) is 16.5. The van der Waals surface area contributed by atoms with E-state index in [1.54, 1.807) is 6.20 Å². The van der Waals surface area contributed by atoms with Gasteiger partial charge in [-0.25, -0.2) is 0 Å². The van der Waals surface area contributed by atoms with Crippen molar-refractivity contribution in [2.75, 3.05) is 6.54 Å². The fraction of sp³-hybridized carbons (Fsp3) is 0.800. The van der Waals surface area contributed by atoms with E-state index in [0.29, 0.717) is 0 Å². The first-order chi connectivity index (χ1) is 8.97. The van der Waals surface area contributed by atoms with Crippen LogP contribution in [0.1, 0.15) is 65.6 Å². The van der Waals surface area contributed by atoms with Crippen molar-refractivity contribution in [1.29, 1.82) is 0 Å². The second kappa shape index (κ2) is 7.30. The maximum Gasteiger partial charge on any atom is 0.0834 e. The molecule has 0 bridgehead atoms. The number of halogens is 1. The van der Waals surface area contributed by atoms with Crippen LogP contribution in [-0.4, -0.2) is 16.3 Å². The first-order valence-electron chi connectivity index (χ1n) is 7.42. The summed E-state index contributed by atoms with van der Waals surface area (Å²) in [6.07, 6.45) is 5.06. The van der Waals surface area contributed by atoms with E-state index in [0.717, 1.165) is 43.1 Å². The third-order valence-corrected chi connectivity index (χ3v) is 4.12. The highest BCUT2D eigenvalue weighted by Gasteiger charge is 2.32. The summed E-state index contributed by atoms with van der Waals surface area (Å²) in [5.41, 5.74) is 1.30. The van der Waals surface area contributed by atoms with Gasteiger partial charge in [-0.2, -0.15) is 5.10 Å². The Kier molecular flexibility index (Phi) is 6.34. The molecular weight excluding hydrogens is 258 g/mol. The number of hydrogen-bond donors (Lipinski definition) is 1. The number of nitrogens with zero attached hydrogens (tertiary/aromatic N) is 2. The monoisotopic (exact) mass is 285 g/mol. The fourth-order valence-electron chi connectivity index (χ4n) is 2.28. The molecule has 1 atom stereocenters. The molecule has 1 rings (SSSR count). The van der Waals surface area contributed by atoms with E-state index >= 15 is 0 Å². The van der Waals surface area contributed by atoms with Crippen molar-refractivity contribution in [1.82, 2.24) is 15.1 Å². The van der Waals surface area contributed by atoms with Crippen molar-refractivity contribution in [2.24, 2.45) is 5.41 Å². The summed E-state index contributed by atoms with van der Waals surface area (Å²) in [5, 5.41) is 8.87. The van der Waals surface area contributed by atoms with E-state index in [2.05, 4.69) is 49.7 Å². The predicted octanol–water partition coefficient (Wildman–Crippen LogP) is 4.42. The van der Waals surface area contributed by atoms with Gasteiger partial charge in [-0.3, -0.25) is 4.68 Å². The number of aryl methyl sites for hydroxylation is 1. The molecular formula is C15H28ClN3. The molecule has 0 radical (unpaired) electrons. The second-order valence-electron chi connectivity index (χ2n) is 5.83. The summed E-state index contributed by atoms with van der Waals surface area (Å²) in [6.45, 7) is 13.1. The number of nitrogens with one attached hydrogen (secondary N) is 1. The van der Waals surface area contributed by atoms with Gasteiger partial charge in [0.25, 0.3) is 0 Å². The third kappa shape index (κ3) is 3.96. The van der Waals surface area contributed by atoms with Crippen molar-refractivity contribution in [2.45, 2.75) is 66.5 Å². The van der Waals surface area contributed by atoms with Crippen molar-refractivity contribution in [3.63, 3.8) is 0 Å². The Bertz CT molecular complexity index is 385. The van der Waals surface area contributed by atoms with Crippen molar-refractivity contribution >= 4 is 11.6 Å². The Morgan fingerprint density at radius 1 is 1.32 bits per heavy atom. The lowest BCUT2D eigenvalue weighted by atomic mass is 9.80. The van der Waals surface area contributed by atoms with Gasteiger partial charge in [0.05, 0.1) is 23.0 Å². The molecule has 1 heterocycles. The lowest BCUT2D eigenvalue weighted by Gasteiger charge is -2.35. The largest absolute Gasteiger partial charge is 0.308 e. The molecule has 0 aliphatic heterocycles. The molecule has 0 saturated carbocycles. The van der Waals surface area contributed by atoms with Gasteiger partial charge in [-0.1, -0.05) is 46.2 Å². The molecule has 1 aromatic rings. The van der Waals surface area contributed by atoms with Crippen LogP contribution in [0.5, 0.6) is 0 Å². The van der Waals surface area contributed by atoms with Crippen LogP contribution in [0.3, 0.4) is 0 Å². The summed E-state index contributed by atoms with van der Waals surface area (Å²) < 4.78 is 2.06. The zero-order valence-corrected chi connectivity index (χ0v) is 13.7. The molecule has 0 amide bonds.